The highest BCUT2D eigenvalue weighted by Crippen LogP contribution is 2.30. The molecule has 0 atom stereocenters. The first-order valence-electron chi connectivity index (χ1n) is 7.37. The molecule has 0 fully saturated rings. The third-order valence-corrected chi connectivity index (χ3v) is 4.12. The molecule has 0 N–H and O–H groups in total. The number of hydrogen-bond donors (Lipinski definition) is 0. The van der Waals surface area contributed by atoms with Crippen molar-refractivity contribution in [3.63, 3.8) is 0 Å². The van der Waals surface area contributed by atoms with E-state index in [0.717, 1.165) is 29.1 Å². The molecule has 1 aromatic heterocycles. The molecule has 4 rings (SSSR count). The van der Waals surface area contributed by atoms with Crippen LogP contribution in [0.4, 0.5) is 0 Å². The van der Waals surface area contributed by atoms with Crippen molar-refractivity contribution in [1.29, 1.82) is 0 Å². The lowest BCUT2D eigenvalue weighted by atomic mass is 9.95. The van der Waals surface area contributed by atoms with E-state index in [-0.39, 0.29) is 12.5 Å². The number of nitrogens with zero attached hydrogens (tertiary/aromatic N) is 4. The second kappa shape index (κ2) is 4.94. The quantitative estimate of drug-likeness (QED) is 0.802. The van der Waals surface area contributed by atoms with Crippen molar-refractivity contribution in [3.05, 3.63) is 59.4 Å². The Balaban J connectivity index is 1.86. The van der Waals surface area contributed by atoms with Crippen LogP contribution in [0.3, 0.4) is 0 Å². The molecule has 2 aliphatic heterocycles. The predicted octanol–water partition coefficient (Wildman–Crippen LogP) is 1.65. The van der Waals surface area contributed by atoms with E-state index >= 15 is 0 Å². The maximum Gasteiger partial charge on any atom is 0.248 e. The Morgan fingerprint density at radius 2 is 2.05 bits per heavy atom. The van der Waals surface area contributed by atoms with E-state index in [0.29, 0.717) is 6.54 Å². The van der Waals surface area contributed by atoms with Crippen LogP contribution < -0.4 is 0 Å². The van der Waals surface area contributed by atoms with E-state index < -0.39 is 0 Å². The summed E-state index contributed by atoms with van der Waals surface area (Å²) in [6.07, 6.45) is 4.76. The van der Waals surface area contributed by atoms with E-state index in [9.17, 15) is 4.79 Å². The van der Waals surface area contributed by atoms with Gasteiger partial charge < -0.3 is 4.90 Å². The summed E-state index contributed by atoms with van der Waals surface area (Å²) in [5, 5.41) is 4.41. The monoisotopic (exact) mass is 292 g/mol. The smallest absolute Gasteiger partial charge is 0.248 e. The molecule has 0 spiro atoms. The molecule has 1 amide bonds. The van der Waals surface area contributed by atoms with Crippen molar-refractivity contribution < 1.29 is 4.79 Å². The Bertz CT molecular complexity index is 816. The molecule has 0 bridgehead atoms. The van der Waals surface area contributed by atoms with Crippen LogP contribution in [-0.4, -0.2) is 39.4 Å². The van der Waals surface area contributed by atoms with Crippen molar-refractivity contribution in [2.24, 2.45) is 12.0 Å². The molecule has 3 heterocycles. The maximum atomic E-state index is 12.4. The highest BCUT2D eigenvalue weighted by molar-refractivity contribution is 6.14. The van der Waals surface area contributed by atoms with Gasteiger partial charge in [-0.1, -0.05) is 24.3 Å². The van der Waals surface area contributed by atoms with Gasteiger partial charge in [0.2, 0.25) is 5.91 Å². The Morgan fingerprint density at radius 1 is 1.18 bits per heavy atom. The Kier molecular flexibility index (Phi) is 2.92. The highest BCUT2D eigenvalue weighted by Gasteiger charge is 2.28. The third kappa shape index (κ3) is 2.06. The second-order valence-electron chi connectivity index (χ2n) is 5.56. The number of carbonyl (C=O) groups excluding carboxylic acids is 1. The number of aryl methyl sites for hydroxylation is 1. The fraction of sp³-hybridized carbons (Fsp3) is 0.235. The molecule has 0 saturated carbocycles. The SMILES string of the molecule is Cn1ccc(C2=NCC(=O)N3CCc4ccccc4C3=C2)n1. The summed E-state index contributed by atoms with van der Waals surface area (Å²) in [4.78, 5) is 18.7. The molecule has 2 aromatic rings. The Labute approximate surface area is 128 Å². The van der Waals surface area contributed by atoms with E-state index in [1.807, 2.05) is 42.4 Å². The van der Waals surface area contributed by atoms with E-state index in [1.54, 1.807) is 4.68 Å². The highest BCUT2D eigenvalue weighted by atomic mass is 16.2. The van der Waals surface area contributed by atoms with Gasteiger partial charge in [0.25, 0.3) is 0 Å². The van der Waals surface area contributed by atoms with Crippen molar-refractivity contribution in [2.75, 3.05) is 13.1 Å². The molecule has 22 heavy (non-hydrogen) atoms. The first kappa shape index (κ1) is 13.0. The van der Waals surface area contributed by atoms with Crippen molar-refractivity contribution in [1.82, 2.24) is 14.7 Å². The molecule has 5 heteroatoms. The van der Waals surface area contributed by atoms with Crippen LogP contribution in [0.5, 0.6) is 0 Å². The van der Waals surface area contributed by atoms with Crippen molar-refractivity contribution in [3.8, 4) is 0 Å². The van der Waals surface area contributed by atoms with Crippen LogP contribution in [0, 0.1) is 0 Å². The number of aliphatic imine (C=N–C) groups is 1. The van der Waals surface area contributed by atoms with Crippen molar-refractivity contribution >= 4 is 17.3 Å². The molecule has 0 saturated heterocycles. The summed E-state index contributed by atoms with van der Waals surface area (Å²) >= 11 is 0. The maximum absolute atomic E-state index is 12.4. The zero-order valence-electron chi connectivity index (χ0n) is 12.4. The second-order valence-corrected chi connectivity index (χ2v) is 5.56. The van der Waals surface area contributed by atoms with Gasteiger partial charge in [0.1, 0.15) is 12.2 Å². The molecule has 110 valence electrons. The van der Waals surface area contributed by atoms with Gasteiger partial charge in [-0.15, -0.1) is 0 Å². The topological polar surface area (TPSA) is 50.5 Å². The predicted molar refractivity (Wildman–Crippen MR) is 84.4 cm³/mol. The molecule has 2 aliphatic rings. The van der Waals surface area contributed by atoms with Crippen LogP contribution in [0.1, 0.15) is 16.8 Å². The van der Waals surface area contributed by atoms with Crippen LogP contribution in [0.2, 0.25) is 0 Å². The standard InChI is InChI=1S/C17H16N4O/c1-20-8-7-14(19-20)15-10-16-13-5-3-2-4-12(13)6-9-21(16)17(22)11-18-15/h2-5,7-8,10H,6,9,11H2,1H3. The molecule has 0 radical (unpaired) electrons. The number of benzene rings is 1. The summed E-state index contributed by atoms with van der Waals surface area (Å²) < 4.78 is 1.75. The minimum Gasteiger partial charge on any atom is -0.310 e. The molecular weight excluding hydrogens is 276 g/mol. The van der Waals surface area contributed by atoms with Crippen LogP contribution in [0.25, 0.3) is 5.70 Å². The number of carbonyl (C=O) groups is 1. The lowest BCUT2D eigenvalue weighted by Crippen LogP contribution is -2.35. The first-order chi connectivity index (χ1) is 10.7. The molecule has 0 aliphatic carbocycles. The Hall–Kier alpha value is -2.69. The van der Waals surface area contributed by atoms with Gasteiger partial charge in [0.15, 0.2) is 0 Å². The van der Waals surface area contributed by atoms with Crippen LogP contribution in [-0.2, 0) is 18.3 Å². The summed E-state index contributed by atoms with van der Waals surface area (Å²) in [6, 6.07) is 10.2. The largest absolute Gasteiger partial charge is 0.310 e. The van der Waals surface area contributed by atoms with E-state index in [4.69, 9.17) is 0 Å². The van der Waals surface area contributed by atoms with Gasteiger partial charge in [-0.2, -0.15) is 5.10 Å². The number of aromatic nitrogens is 2. The Morgan fingerprint density at radius 3 is 2.86 bits per heavy atom. The molecule has 5 nitrogen and oxygen atoms in total. The van der Waals surface area contributed by atoms with E-state index in [1.165, 1.54) is 5.56 Å². The summed E-state index contributed by atoms with van der Waals surface area (Å²) in [5.74, 6) is 0.0479. The van der Waals surface area contributed by atoms with Crippen molar-refractivity contribution in [2.45, 2.75) is 6.42 Å². The van der Waals surface area contributed by atoms with Crippen LogP contribution >= 0.6 is 0 Å². The number of hydrogen-bond acceptors (Lipinski definition) is 3. The molecule has 0 unspecified atom stereocenters. The zero-order valence-corrected chi connectivity index (χ0v) is 12.4. The van der Waals surface area contributed by atoms with Gasteiger partial charge in [-0.25, -0.2) is 0 Å². The van der Waals surface area contributed by atoms with Gasteiger partial charge >= 0.3 is 0 Å². The summed E-state index contributed by atoms with van der Waals surface area (Å²) in [5.41, 5.74) is 4.90. The normalized spacial score (nSPS) is 17.3. The van der Waals surface area contributed by atoms with Crippen LogP contribution in [0.15, 0.2) is 47.6 Å². The fourth-order valence-electron chi connectivity index (χ4n) is 3.02. The number of rotatable bonds is 1. The summed E-state index contributed by atoms with van der Waals surface area (Å²) in [7, 11) is 1.88. The first-order valence-corrected chi connectivity index (χ1v) is 7.37. The molecule has 1 aromatic carbocycles. The lowest BCUT2D eigenvalue weighted by Gasteiger charge is -2.30. The van der Waals surface area contributed by atoms with Gasteiger partial charge in [-0.3, -0.25) is 14.5 Å². The lowest BCUT2D eigenvalue weighted by molar-refractivity contribution is -0.126. The number of amides is 1. The summed E-state index contributed by atoms with van der Waals surface area (Å²) in [6.45, 7) is 0.890. The fourth-order valence-corrected chi connectivity index (χ4v) is 3.02. The van der Waals surface area contributed by atoms with Gasteiger partial charge in [-0.05, 0) is 24.1 Å². The minimum absolute atomic E-state index is 0.0479. The average Bonchev–Trinajstić information content (AvgIpc) is 2.89. The average molecular weight is 292 g/mol. The number of allylic oxidation sites excluding steroid dienone is 1. The minimum atomic E-state index is 0.0479. The molecular formula is C17H16N4O. The van der Waals surface area contributed by atoms with E-state index in [2.05, 4.69) is 22.2 Å². The zero-order chi connectivity index (χ0) is 15.1. The van der Waals surface area contributed by atoms with Gasteiger partial charge in [0.05, 0.1) is 11.4 Å². The number of fused-ring (bicyclic) bond motifs is 3. The third-order valence-electron chi connectivity index (χ3n) is 4.12. The van der Waals surface area contributed by atoms with Gasteiger partial charge in [0, 0.05) is 25.4 Å².